The number of hydrogen-bond donors (Lipinski definition) is 2. The predicted molar refractivity (Wildman–Crippen MR) is 81.5 cm³/mol. The second kappa shape index (κ2) is 8.99. The van der Waals surface area contributed by atoms with Crippen LogP contribution in [-0.2, 0) is 17.6 Å². The monoisotopic (exact) mass is 281 g/mol. The first-order chi connectivity index (χ1) is 9.19. The van der Waals surface area contributed by atoms with Crippen LogP contribution in [0, 0.1) is 0 Å². The highest BCUT2D eigenvalue weighted by atomic mass is 32.2. The number of aliphatic hydroxyl groups excluding tert-OH is 1. The molecule has 0 fully saturated rings. The van der Waals surface area contributed by atoms with E-state index in [0.29, 0.717) is 12.8 Å². The Morgan fingerprint density at radius 1 is 1.32 bits per heavy atom. The van der Waals surface area contributed by atoms with E-state index in [2.05, 4.69) is 24.4 Å². The molecular weight excluding hydrogens is 258 g/mol. The number of carbonyl (C=O) groups is 1. The molecule has 1 unspecified atom stereocenters. The quantitative estimate of drug-likeness (QED) is 0.766. The fourth-order valence-electron chi connectivity index (χ4n) is 1.91. The van der Waals surface area contributed by atoms with E-state index >= 15 is 0 Å². The molecular formula is C15H23NO2S. The van der Waals surface area contributed by atoms with Gasteiger partial charge in [0.05, 0.1) is 6.42 Å². The van der Waals surface area contributed by atoms with E-state index in [1.165, 1.54) is 5.56 Å². The van der Waals surface area contributed by atoms with Crippen molar-refractivity contribution in [1.82, 2.24) is 5.32 Å². The molecule has 3 nitrogen and oxygen atoms in total. The van der Waals surface area contributed by atoms with Crippen molar-refractivity contribution in [3.05, 3.63) is 35.4 Å². The van der Waals surface area contributed by atoms with Crippen LogP contribution in [0.2, 0.25) is 0 Å². The normalized spacial score (nSPS) is 12.2. The number of aryl methyl sites for hydroxylation is 1. The number of thioether (sulfide) groups is 1. The summed E-state index contributed by atoms with van der Waals surface area (Å²) in [7, 11) is 0. The maximum absolute atomic E-state index is 11.9. The highest BCUT2D eigenvalue weighted by molar-refractivity contribution is 7.98. The van der Waals surface area contributed by atoms with E-state index in [4.69, 9.17) is 5.11 Å². The van der Waals surface area contributed by atoms with Gasteiger partial charge in [0.2, 0.25) is 5.91 Å². The lowest BCUT2D eigenvalue weighted by Gasteiger charge is -2.16. The smallest absolute Gasteiger partial charge is 0.224 e. The minimum atomic E-state index is 0.0248. The second-order valence-electron chi connectivity index (χ2n) is 4.58. The highest BCUT2D eigenvalue weighted by Gasteiger charge is 2.11. The molecule has 1 atom stereocenters. The topological polar surface area (TPSA) is 49.3 Å². The molecule has 0 saturated heterocycles. The Kier molecular flexibility index (Phi) is 7.60. The second-order valence-corrected chi connectivity index (χ2v) is 5.49. The third-order valence-electron chi connectivity index (χ3n) is 3.01. The lowest BCUT2D eigenvalue weighted by Crippen LogP contribution is -2.38. The van der Waals surface area contributed by atoms with Crippen LogP contribution in [-0.4, -0.2) is 35.7 Å². The van der Waals surface area contributed by atoms with Crippen LogP contribution >= 0.6 is 11.8 Å². The molecule has 19 heavy (non-hydrogen) atoms. The van der Waals surface area contributed by atoms with Gasteiger partial charge in [0.15, 0.2) is 0 Å². The molecule has 2 N–H and O–H groups in total. The minimum absolute atomic E-state index is 0.0248. The van der Waals surface area contributed by atoms with E-state index in [0.717, 1.165) is 17.7 Å². The summed E-state index contributed by atoms with van der Waals surface area (Å²) >= 11 is 1.68. The molecule has 0 aromatic heterocycles. The Morgan fingerprint density at radius 2 is 1.95 bits per heavy atom. The molecule has 0 aliphatic carbocycles. The summed E-state index contributed by atoms with van der Waals surface area (Å²) < 4.78 is 0. The third-order valence-corrected chi connectivity index (χ3v) is 3.74. The largest absolute Gasteiger partial charge is 0.396 e. The summed E-state index contributed by atoms with van der Waals surface area (Å²) in [6.07, 6.45) is 4.03. The van der Waals surface area contributed by atoms with E-state index < -0.39 is 0 Å². The van der Waals surface area contributed by atoms with Gasteiger partial charge >= 0.3 is 0 Å². The molecule has 1 aromatic rings. The molecule has 0 spiro atoms. The van der Waals surface area contributed by atoms with Crippen molar-refractivity contribution >= 4 is 17.7 Å². The van der Waals surface area contributed by atoms with Crippen molar-refractivity contribution < 1.29 is 9.90 Å². The van der Waals surface area contributed by atoms with Gasteiger partial charge in [0.1, 0.15) is 0 Å². The molecule has 0 bridgehead atoms. The number of hydrogen-bond acceptors (Lipinski definition) is 3. The molecule has 0 radical (unpaired) electrons. The zero-order valence-electron chi connectivity index (χ0n) is 11.7. The van der Waals surface area contributed by atoms with Crippen molar-refractivity contribution in [2.45, 2.75) is 32.2 Å². The predicted octanol–water partition coefficient (Wildman–Crippen LogP) is 2.02. The maximum atomic E-state index is 11.9. The Bertz CT molecular complexity index is 372. The zero-order chi connectivity index (χ0) is 14.1. The first-order valence-electron chi connectivity index (χ1n) is 6.66. The van der Waals surface area contributed by atoms with Crippen molar-refractivity contribution in [2.24, 2.45) is 0 Å². The van der Waals surface area contributed by atoms with E-state index in [1.54, 1.807) is 11.8 Å². The van der Waals surface area contributed by atoms with E-state index in [1.807, 2.05) is 18.4 Å². The van der Waals surface area contributed by atoms with Gasteiger partial charge in [-0.25, -0.2) is 0 Å². The summed E-state index contributed by atoms with van der Waals surface area (Å²) in [6, 6.07) is 8.20. The van der Waals surface area contributed by atoms with Gasteiger partial charge < -0.3 is 10.4 Å². The van der Waals surface area contributed by atoms with Gasteiger partial charge in [-0.05, 0) is 30.2 Å². The molecule has 0 aliphatic heterocycles. The molecule has 1 aromatic carbocycles. The van der Waals surface area contributed by atoms with Gasteiger partial charge in [0, 0.05) is 18.4 Å². The van der Waals surface area contributed by atoms with Gasteiger partial charge in [-0.3, -0.25) is 4.79 Å². The number of amides is 1. The Balaban J connectivity index is 2.48. The number of carbonyl (C=O) groups excluding carboxylic acids is 1. The summed E-state index contributed by atoms with van der Waals surface area (Å²) in [5, 5.41) is 11.9. The van der Waals surface area contributed by atoms with Crippen LogP contribution < -0.4 is 5.32 Å². The summed E-state index contributed by atoms with van der Waals surface area (Å²) in [6.45, 7) is 2.22. The number of benzene rings is 1. The molecule has 106 valence electrons. The number of nitrogens with one attached hydrogen (secondary N) is 1. The van der Waals surface area contributed by atoms with Gasteiger partial charge in [-0.2, -0.15) is 11.8 Å². The van der Waals surface area contributed by atoms with Gasteiger partial charge in [-0.1, -0.05) is 31.2 Å². The van der Waals surface area contributed by atoms with Crippen LogP contribution in [0.3, 0.4) is 0 Å². The van der Waals surface area contributed by atoms with Crippen LogP contribution in [0.5, 0.6) is 0 Å². The Labute approximate surface area is 119 Å². The lowest BCUT2D eigenvalue weighted by molar-refractivity contribution is -0.121. The Hall–Kier alpha value is -1.00. The molecule has 0 saturated carbocycles. The van der Waals surface area contributed by atoms with Crippen molar-refractivity contribution in [3.63, 3.8) is 0 Å². The molecule has 1 amide bonds. The highest BCUT2D eigenvalue weighted by Crippen LogP contribution is 2.07. The van der Waals surface area contributed by atoms with Crippen LogP contribution in [0.1, 0.15) is 24.5 Å². The number of rotatable bonds is 8. The standard InChI is InChI=1S/C15H23NO2S/c1-3-12-4-6-13(7-5-12)10-15(18)16-14(8-9-17)11-19-2/h4-7,14,17H,3,8-11H2,1-2H3,(H,16,18). The maximum Gasteiger partial charge on any atom is 0.224 e. The molecule has 0 heterocycles. The first kappa shape index (κ1) is 16.1. The fraction of sp³-hybridized carbons (Fsp3) is 0.533. The lowest BCUT2D eigenvalue weighted by atomic mass is 10.1. The van der Waals surface area contributed by atoms with Crippen LogP contribution in [0.15, 0.2) is 24.3 Å². The van der Waals surface area contributed by atoms with Crippen LogP contribution in [0.25, 0.3) is 0 Å². The van der Waals surface area contributed by atoms with Crippen molar-refractivity contribution in [3.8, 4) is 0 Å². The zero-order valence-corrected chi connectivity index (χ0v) is 12.5. The van der Waals surface area contributed by atoms with Crippen molar-refractivity contribution in [2.75, 3.05) is 18.6 Å². The summed E-state index contributed by atoms with van der Waals surface area (Å²) in [4.78, 5) is 11.9. The third kappa shape index (κ3) is 6.12. The van der Waals surface area contributed by atoms with Crippen molar-refractivity contribution in [1.29, 1.82) is 0 Å². The van der Waals surface area contributed by atoms with Crippen LogP contribution in [0.4, 0.5) is 0 Å². The van der Waals surface area contributed by atoms with E-state index in [9.17, 15) is 4.79 Å². The van der Waals surface area contributed by atoms with Gasteiger partial charge in [0.25, 0.3) is 0 Å². The first-order valence-corrected chi connectivity index (χ1v) is 8.06. The summed E-state index contributed by atoms with van der Waals surface area (Å²) in [5.74, 6) is 0.859. The fourth-order valence-corrected chi connectivity index (χ4v) is 2.56. The summed E-state index contributed by atoms with van der Waals surface area (Å²) in [5.41, 5.74) is 2.31. The average molecular weight is 281 g/mol. The average Bonchev–Trinajstić information content (AvgIpc) is 2.40. The Morgan fingerprint density at radius 3 is 2.47 bits per heavy atom. The SMILES string of the molecule is CCc1ccc(CC(=O)NC(CCO)CSC)cc1. The molecule has 0 aliphatic rings. The molecule has 1 rings (SSSR count). The van der Waals surface area contributed by atoms with Gasteiger partial charge in [-0.15, -0.1) is 0 Å². The minimum Gasteiger partial charge on any atom is -0.396 e. The number of aliphatic hydroxyl groups is 1. The van der Waals surface area contributed by atoms with E-state index in [-0.39, 0.29) is 18.6 Å². The molecule has 4 heteroatoms.